The number of phosphoric ester groups is 1. The third-order valence-electron chi connectivity index (χ3n) is 6.59. The summed E-state index contributed by atoms with van der Waals surface area (Å²) in [5.74, 6) is -2.45. The lowest BCUT2D eigenvalue weighted by atomic mass is 10.1. The molecule has 0 aliphatic carbocycles. The number of carboxylic acid groups (broad SMARTS) is 1. The zero-order valence-corrected chi connectivity index (χ0v) is 28.8. The van der Waals surface area contributed by atoms with Crippen molar-refractivity contribution < 1.29 is 47.5 Å². The molecule has 46 heavy (non-hydrogen) atoms. The van der Waals surface area contributed by atoms with Crippen LogP contribution in [0.2, 0.25) is 0 Å². The number of esters is 2. The summed E-state index contributed by atoms with van der Waals surface area (Å²) in [7, 11) is -4.71. The molecule has 0 radical (unpaired) electrons. The number of phosphoric acid groups is 1. The molecule has 0 amide bonds. The van der Waals surface area contributed by atoms with E-state index in [4.69, 9.17) is 24.8 Å². The minimum Gasteiger partial charge on any atom is -0.480 e. The number of carbonyl (C=O) groups is 3. The molecule has 3 unspecified atom stereocenters. The van der Waals surface area contributed by atoms with Gasteiger partial charge in [-0.05, 0) is 51.4 Å². The Balaban J connectivity index is 4.58. The van der Waals surface area contributed by atoms with E-state index in [2.05, 4.69) is 67.0 Å². The second-order valence-corrected chi connectivity index (χ2v) is 12.4. The molecule has 0 spiro atoms. The van der Waals surface area contributed by atoms with Crippen LogP contribution >= 0.6 is 7.82 Å². The Kier molecular flexibility index (Phi) is 28.2. The van der Waals surface area contributed by atoms with Crippen LogP contribution in [0.25, 0.3) is 0 Å². The number of ether oxygens (including phenoxy) is 2. The fourth-order valence-electron chi connectivity index (χ4n) is 3.93. The molecule has 0 saturated heterocycles. The molecule has 0 saturated carbocycles. The van der Waals surface area contributed by atoms with Gasteiger partial charge < -0.3 is 25.2 Å². The van der Waals surface area contributed by atoms with Crippen LogP contribution in [-0.4, -0.2) is 59.9 Å². The van der Waals surface area contributed by atoms with E-state index in [-0.39, 0.29) is 19.4 Å². The zero-order chi connectivity index (χ0) is 34.3. The fourth-order valence-corrected chi connectivity index (χ4v) is 4.71. The molecular weight excluding hydrogens is 613 g/mol. The number of hydrogen-bond acceptors (Lipinski definition) is 9. The fraction of sp³-hybridized carbons (Fsp3) is 0.676. The monoisotopic (exact) mass is 671 g/mol. The summed E-state index contributed by atoms with van der Waals surface area (Å²) < 4.78 is 32.3. The molecule has 264 valence electrons. The van der Waals surface area contributed by atoms with Gasteiger partial charge in [0.15, 0.2) is 6.10 Å². The van der Waals surface area contributed by atoms with E-state index in [1.165, 1.54) is 19.3 Å². The van der Waals surface area contributed by atoms with Gasteiger partial charge in [-0.15, -0.1) is 0 Å². The van der Waals surface area contributed by atoms with Gasteiger partial charge in [0.2, 0.25) is 0 Å². The number of hydrogen-bond donors (Lipinski definition) is 3. The van der Waals surface area contributed by atoms with Gasteiger partial charge in [0.05, 0.1) is 13.2 Å². The van der Waals surface area contributed by atoms with Crippen molar-refractivity contribution >= 4 is 25.7 Å². The van der Waals surface area contributed by atoms with Crippen LogP contribution in [0.4, 0.5) is 0 Å². The molecule has 0 bridgehead atoms. The first kappa shape index (κ1) is 43.4. The van der Waals surface area contributed by atoms with Gasteiger partial charge in [-0.25, -0.2) is 4.57 Å². The lowest BCUT2D eigenvalue weighted by molar-refractivity contribution is -0.161. The van der Waals surface area contributed by atoms with E-state index in [0.29, 0.717) is 12.8 Å². The Morgan fingerprint density at radius 3 is 1.83 bits per heavy atom. The molecule has 0 aliphatic rings. The Morgan fingerprint density at radius 2 is 1.22 bits per heavy atom. The minimum atomic E-state index is -4.71. The van der Waals surface area contributed by atoms with Crippen molar-refractivity contribution in [3.05, 3.63) is 48.6 Å². The number of rotatable bonds is 30. The van der Waals surface area contributed by atoms with Crippen LogP contribution in [0.15, 0.2) is 48.6 Å². The predicted octanol–water partition coefficient (Wildman–Crippen LogP) is 7.49. The molecule has 0 aromatic rings. The standard InChI is InChI=1S/C34H58NO10P/c1-3-5-7-9-11-12-13-14-15-16-17-18-20-22-24-26-33(37)45-30(28-43-46(40,41)44-29-31(35)34(38)39)27-42-32(36)25-23-21-19-10-8-6-4-2/h5,7,11-12,14-15,17-18,30-31H,3-4,6,8-10,13,16,19-29,35H2,1-2H3,(H,38,39)(H,40,41)/b7-5-,12-11-,15-14-,18-17-. The number of unbranched alkanes of at least 4 members (excludes halogenated alkanes) is 8. The first-order valence-electron chi connectivity index (χ1n) is 16.7. The van der Waals surface area contributed by atoms with E-state index >= 15 is 0 Å². The minimum absolute atomic E-state index is 0.108. The second-order valence-electron chi connectivity index (χ2n) is 10.9. The van der Waals surface area contributed by atoms with Crippen LogP contribution in [0.5, 0.6) is 0 Å². The largest absolute Gasteiger partial charge is 0.480 e. The summed E-state index contributed by atoms with van der Waals surface area (Å²) in [6.07, 6.45) is 29.3. The normalized spacial score (nSPS) is 14.7. The highest BCUT2D eigenvalue weighted by Gasteiger charge is 2.28. The second kappa shape index (κ2) is 29.8. The summed E-state index contributed by atoms with van der Waals surface area (Å²) in [6.45, 7) is 2.54. The smallest absolute Gasteiger partial charge is 0.472 e. The average Bonchev–Trinajstić information content (AvgIpc) is 3.02. The lowest BCUT2D eigenvalue weighted by Gasteiger charge is -2.20. The highest BCUT2D eigenvalue weighted by atomic mass is 31.2. The average molecular weight is 672 g/mol. The Labute approximate surface area is 275 Å². The van der Waals surface area contributed by atoms with Crippen LogP contribution in [0.1, 0.15) is 117 Å². The van der Waals surface area contributed by atoms with Gasteiger partial charge in [-0.2, -0.15) is 0 Å². The summed E-state index contributed by atoms with van der Waals surface area (Å²) in [4.78, 5) is 45.4. The molecule has 11 nitrogen and oxygen atoms in total. The highest BCUT2D eigenvalue weighted by molar-refractivity contribution is 7.47. The van der Waals surface area contributed by atoms with Crippen molar-refractivity contribution in [3.8, 4) is 0 Å². The van der Waals surface area contributed by atoms with Gasteiger partial charge >= 0.3 is 25.7 Å². The van der Waals surface area contributed by atoms with Crippen LogP contribution < -0.4 is 5.73 Å². The molecule has 0 aliphatic heterocycles. The van der Waals surface area contributed by atoms with Crippen molar-refractivity contribution in [2.75, 3.05) is 19.8 Å². The number of carboxylic acids is 1. The first-order chi connectivity index (χ1) is 22.1. The summed E-state index contributed by atoms with van der Waals surface area (Å²) in [5.41, 5.74) is 5.29. The van der Waals surface area contributed by atoms with Gasteiger partial charge in [0.25, 0.3) is 0 Å². The maximum absolute atomic E-state index is 12.5. The van der Waals surface area contributed by atoms with Crippen molar-refractivity contribution in [2.24, 2.45) is 5.73 Å². The number of aliphatic carboxylic acids is 1. The lowest BCUT2D eigenvalue weighted by Crippen LogP contribution is -2.34. The molecule has 0 aromatic heterocycles. The Bertz CT molecular complexity index is 979. The Morgan fingerprint density at radius 1 is 0.696 bits per heavy atom. The summed E-state index contributed by atoms with van der Waals surface area (Å²) in [6, 6.07) is -1.53. The molecule has 0 rings (SSSR count). The zero-order valence-electron chi connectivity index (χ0n) is 27.9. The molecule has 0 aromatic carbocycles. The van der Waals surface area contributed by atoms with Crippen molar-refractivity contribution in [1.29, 1.82) is 0 Å². The van der Waals surface area contributed by atoms with Crippen LogP contribution in [0, 0.1) is 0 Å². The summed E-state index contributed by atoms with van der Waals surface area (Å²) in [5, 5.41) is 8.82. The van der Waals surface area contributed by atoms with E-state index < -0.39 is 51.1 Å². The Hall–Kier alpha value is -2.56. The van der Waals surface area contributed by atoms with E-state index in [1.54, 1.807) is 0 Å². The van der Waals surface area contributed by atoms with Crippen LogP contribution in [0.3, 0.4) is 0 Å². The van der Waals surface area contributed by atoms with E-state index in [0.717, 1.165) is 57.8 Å². The van der Waals surface area contributed by atoms with Gasteiger partial charge in [-0.3, -0.25) is 23.4 Å². The molecule has 3 atom stereocenters. The van der Waals surface area contributed by atoms with Gasteiger partial charge in [0.1, 0.15) is 12.6 Å². The highest BCUT2D eigenvalue weighted by Crippen LogP contribution is 2.43. The van der Waals surface area contributed by atoms with Crippen LogP contribution in [-0.2, 0) is 37.5 Å². The quantitative estimate of drug-likeness (QED) is 0.0299. The first-order valence-corrected chi connectivity index (χ1v) is 18.2. The maximum atomic E-state index is 12.5. The molecule has 12 heteroatoms. The molecule has 0 fully saturated rings. The maximum Gasteiger partial charge on any atom is 0.472 e. The van der Waals surface area contributed by atoms with Crippen molar-refractivity contribution in [1.82, 2.24) is 0 Å². The predicted molar refractivity (Wildman–Crippen MR) is 180 cm³/mol. The third-order valence-corrected chi connectivity index (χ3v) is 7.54. The number of allylic oxidation sites excluding steroid dienone is 8. The third kappa shape index (κ3) is 28.9. The topological polar surface area (TPSA) is 172 Å². The summed E-state index contributed by atoms with van der Waals surface area (Å²) >= 11 is 0. The molecular formula is C34H58NO10P. The van der Waals surface area contributed by atoms with E-state index in [9.17, 15) is 23.8 Å². The van der Waals surface area contributed by atoms with Crippen molar-refractivity contribution in [2.45, 2.75) is 129 Å². The number of carbonyl (C=O) groups excluding carboxylic acids is 2. The van der Waals surface area contributed by atoms with Gasteiger partial charge in [0, 0.05) is 12.8 Å². The van der Waals surface area contributed by atoms with E-state index in [1.807, 2.05) is 0 Å². The molecule has 0 heterocycles. The number of nitrogens with two attached hydrogens (primary N) is 1. The SMILES string of the molecule is CC/C=C\C/C=C\C/C=C\C/C=C\CCCCC(=O)OC(COC(=O)CCCCCCCCC)COP(=O)(O)OCC(N)C(=O)O. The molecule has 4 N–H and O–H groups in total. The van der Waals surface area contributed by atoms with Crippen molar-refractivity contribution in [3.63, 3.8) is 0 Å². The van der Waals surface area contributed by atoms with Gasteiger partial charge in [-0.1, -0.05) is 101 Å².